The van der Waals surface area contributed by atoms with E-state index < -0.39 is 6.04 Å². The van der Waals surface area contributed by atoms with E-state index in [0.717, 1.165) is 16.7 Å². The Hall–Kier alpha value is -4.00. The van der Waals surface area contributed by atoms with Crippen LogP contribution in [0.4, 0.5) is 0 Å². The van der Waals surface area contributed by atoms with E-state index in [0.29, 0.717) is 36.8 Å². The van der Waals surface area contributed by atoms with E-state index in [2.05, 4.69) is 0 Å². The molecule has 3 aromatic carbocycles. The Bertz CT molecular complexity index is 1180. The molecule has 0 aromatic heterocycles. The van der Waals surface area contributed by atoms with Gasteiger partial charge in [-0.05, 0) is 47.4 Å². The number of nitrogens with zero attached hydrogens (tertiary/aromatic N) is 2. The van der Waals surface area contributed by atoms with Crippen molar-refractivity contribution in [2.75, 3.05) is 27.0 Å². The molecule has 3 aromatic rings. The van der Waals surface area contributed by atoms with Gasteiger partial charge in [0.05, 0.1) is 13.7 Å². The maximum absolute atomic E-state index is 13.7. The third-order valence-electron chi connectivity index (χ3n) is 6.24. The number of ether oxygens (including phenoxy) is 3. The van der Waals surface area contributed by atoms with Gasteiger partial charge in [-0.3, -0.25) is 9.59 Å². The van der Waals surface area contributed by atoms with E-state index in [1.807, 2.05) is 72.8 Å². The van der Waals surface area contributed by atoms with Gasteiger partial charge >= 0.3 is 0 Å². The number of rotatable bonds is 7. The number of hydrogen-bond donors (Lipinski definition) is 0. The summed E-state index contributed by atoms with van der Waals surface area (Å²) in [5.74, 6) is 1.86. The Balaban J connectivity index is 1.42. The number of carbonyl (C=O) groups is 2. The lowest BCUT2D eigenvalue weighted by molar-refractivity contribution is -0.157. The molecular formula is C27H26N2O5. The molecular weight excluding hydrogens is 432 g/mol. The molecule has 0 saturated carbocycles. The molecule has 1 atom stereocenters. The summed E-state index contributed by atoms with van der Waals surface area (Å²) in [4.78, 5) is 30.4. The normalized spacial score (nSPS) is 17.3. The van der Waals surface area contributed by atoms with Crippen molar-refractivity contribution in [3.05, 3.63) is 89.5 Å². The van der Waals surface area contributed by atoms with Crippen LogP contribution in [-0.2, 0) is 22.6 Å². The SMILES string of the molecule is COc1ccc([C@@H]2C(=O)N(CCc3ccccc3)CC(=O)N2Cc2ccc3c(c2)OCO3)cc1. The molecule has 7 nitrogen and oxygen atoms in total. The molecule has 2 heterocycles. The second kappa shape index (κ2) is 9.47. The first-order valence-electron chi connectivity index (χ1n) is 11.3. The Morgan fingerprint density at radius 2 is 1.68 bits per heavy atom. The van der Waals surface area contributed by atoms with Crippen molar-refractivity contribution in [1.29, 1.82) is 0 Å². The Labute approximate surface area is 198 Å². The average Bonchev–Trinajstić information content (AvgIpc) is 3.34. The van der Waals surface area contributed by atoms with E-state index in [1.165, 1.54) is 0 Å². The Morgan fingerprint density at radius 3 is 2.44 bits per heavy atom. The van der Waals surface area contributed by atoms with Crippen molar-refractivity contribution in [3.8, 4) is 17.2 Å². The minimum atomic E-state index is -0.714. The molecule has 7 heteroatoms. The van der Waals surface area contributed by atoms with Crippen molar-refractivity contribution in [2.24, 2.45) is 0 Å². The maximum Gasteiger partial charge on any atom is 0.250 e. The summed E-state index contributed by atoms with van der Waals surface area (Å²) in [6.45, 7) is 1.02. The van der Waals surface area contributed by atoms with Gasteiger partial charge in [-0.2, -0.15) is 0 Å². The zero-order chi connectivity index (χ0) is 23.5. The van der Waals surface area contributed by atoms with Crippen LogP contribution in [0.15, 0.2) is 72.8 Å². The number of carbonyl (C=O) groups excluding carboxylic acids is 2. The molecule has 0 bridgehead atoms. The van der Waals surface area contributed by atoms with Crippen LogP contribution in [0.25, 0.3) is 0 Å². The summed E-state index contributed by atoms with van der Waals surface area (Å²) in [5.41, 5.74) is 2.76. The monoisotopic (exact) mass is 458 g/mol. The highest BCUT2D eigenvalue weighted by Gasteiger charge is 2.40. The predicted octanol–water partition coefficient (Wildman–Crippen LogP) is 3.58. The molecule has 0 N–H and O–H groups in total. The number of amides is 2. The minimum absolute atomic E-state index is 0.0584. The van der Waals surface area contributed by atoms with Gasteiger partial charge in [0.1, 0.15) is 11.8 Å². The van der Waals surface area contributed by atoms with Crippen molar-refractivity contribution >= 4 is 11.8 Å². The third-order valence-corrected chi connectivity index (χ3v) is 6.24. The summed E-state index contributed by atoms with van der Waals surface area (Å²) in [6.07, 6.45) is 0.692. The van der Waals surface area contributed by atoms with E-state index in [1.54, 1.807) is 16.9 Å². The zero-order valence-electron chi connectivity index (χ0n) is 19.0. The van der Waals surface area contributed by atoms with E-state index in [4.69, 9.17) is 14.2 Å². The Kier molecular flexibility index (Phi) is 6.08. The summed E-state index contributed by atoms with van der Waals surface area (Å²) in [5, 5.41) is 0. The Morgan fingerprint density at radius 1 is 0.912 bits per heavy atom. The van der Waals surface area contributed by atoms with E-state index in [-0.39, 0.29) is 25.2 Å². The maximum atomic E-state index is 13.7. The van der Waals surface area contributed by atoms with Crippen LogP contribution < -0.4 is 14.2 Å². The molecule has 2 aliphatic rings. The van der Waals surface area contributed by atoms with Crippen LogP contribution in [0.1, 0.15) is 22.7 Å². The summed E-state index contributed by atoms with van der Waals surface area (Å²) < 4.78 is 16.2. The molecule has 0 spiro atoms. The molecule has 2 amide bonds. The van der Waals surface area contributed by atoms with Gasteiger partial charge in [0.25, 0.3) is 5.91 Å². The molecule has 0 unspecified atom stereocenters. The largest absolute Gasteiger partial charge is 0.497 e. The molecule has 1 saturated heterocycles. The van der Waals surface area contributed by atoms with Gasteiger partial charge in [0.15, 0.2) is 11.5 Å². The van der Waals surface area contributed by atoms with Crippen LogP contribution in [0.5, 0.6) is 17.2 Å². The van der Waals surface area contributed by atoms with Crippen LogP contribution in [0, 0.1) is 0 Å². The topological polar surface area (TPSA) is 68.3 Å². The highest BCUT2D eigenvalue weighted by molar-refractivity contribution is 5.95. The summed E-state index contributed by atoms with van der Waals surface area (Å²) in [6, 6.07) is 22.2. The third kappa shape index (κ3) is 4.41. The van der Waals surface area contributed by atoms with Gasteiger partial charge < -0.3 is 24.0 Å². The minimum Gasteiger partial charge on any atom is -0.497 e. The van der Waals surface area contributed by atoms with Crippen molar-refractivity contribution in [3.63, 3.8) is 0 Å². The molecule has 174 valence electrons. The lowest BCUT2D eigenvalue weighted by Gasteiger charge is -2.40. The molecule has 1 fully saturated rings. The number of piperazine rings is 1. The predicted molar refractivity (Wildman–Crippen MR) is 126 cm³/mol. The fraction of sp³-hybridized carbons (Fsp3) is 0.259. The highest BCUT2D eigenvalue weighted by atomic mass is 16.7. The second-order valence-corrected chi connectivity index (χ2v) is 8.38. The van der Waals surface area contributed by atoms with Crippen LogP contribution in [0.3, 0.4) is 0 Å². The lowest BCUT2D eigenvalue weighted by atomic mass is 9.99. The van der Waals surface area contributed by atoms with Gasteiger partial charge in [-0.25, -0.2) is 0 Å². The fourth-order valence-electron chi connectivity index (χ4n) is 4.40. The molecule has 34 heavy (non-hydrogen) atoms. The van der Waals surface area contributed by atoms with Crippen LogP contribution in [0.2, 0.25) is 0 Å². The van der Waals surface area contributed by atoms with E-state index in [9.17, 15) is 9.59 Å². The second-order valence-electron chi connectivity index (χ2n) is 8.38. The number of benzene rings is 3. The van der Waals surface area contributed by atoms with Crippen molar-refractivity contribution in [2.45, 2.75) is 19.0 Å². The van der Waals surface area contributed by atoms with Crippen molar-refractivity contribution < 1.29 is 23.8 Å². The van der Waals surface area contributed by atoms with Crippen molar-refractivity contribution in [1.82, 2.24) is 9.80 Å². The summed E-state index contributed by atoms with van der Waals surface area (Å²) in [7, 11) is 1.60. The van der Waals surface area contributed by atoms with E-state index >= 15 is 0 Å². The first-order valence-corrected chi connectivity index (χ1v) is 11.3. The van der Waals surface area contributed by atoms with Crippen LogP contribution >= 0.6 is 0 Å². The van der Waals surface area contributed by atoms with Gasteiger partial charge in [-0.15, -0.1) is 0 Å². The molecule has 0 radical (unpaired) electrons. The molecule has 0 aliphatic carbocycles. The quantitative estimate of drug-likeness (QED) is 0.542. The van der Waals surface area contributed by atoms with Gasteiger partial charge in [0, 0.05) is 13.1 Å². The highest BCUT2D eigenvalue weighted by Crippen LogP contribution is 2.35. The first-order chi connectivity index (χ1) is 16.6. The average molecular weight is 459 g/mol. The lowest BCUT2D eigenvalue weighted by Crippen LogP contribution is -2.55. The standard InChI is InChI=1S/C27H26N2O5/c1-32-22-10-8-21(9-11-22)26-27(31)28(14-13-19-5-3-2-4-6-19)17-25(30)29(26)16-20-7-12-23-24(15-20)34-18-33-23/h2-12,15,26H,13-14,16-18H2,1H3/t26-/m1/s1. The molecule has 5 rings (SSSR count). The number of fused-ring (bicyclic) bond motifs is 1. The van der Waals surface area contributed by atoms with Gasteiger partial charge in [0.2, 0.25) is 12.7 Å². The first kappa shape index (κ1) is 21.8. The fourth-order valence-corrected chi connectivity index (χ4v) is 4.40. The smallest absolute Gasteiger partial charge is 0.250 e. The summed E-state index contributed by atoms with van der Waals surface area (Å²) >= 11 is 0. The number of methoxy groups -OCH3 is 1. The van der Waals surface area contributed by atoms with Gasteiger partial charge in [-0.1, -0.05) is 48.5 Å². The zero-order valence-corrected chi connectivity index (χ0v) is 19.0. The number of hydrogen-bond acceptors (Lipinski definition) is 5. The van der Waals surface area contributed by atoms with Crippen LogP contribution in [-0.4, -0.2) is 48.6 Å². The molecule has 2 aliphatic heterocycles.